The third kappa shape index (κ3) is 3.53. The van der Waals surface area contributed by atoms with E-state index in [4.69, 9.17) is 14.2 Å². The summed E-state index contributed by atoms with van der Waals surface area (Å²) < 4.78 is 16.6. The van der Waals surface area contributed by atoms with Crippen molar-refractivity contribution in [2.24, 2.45) is 0 Å². The maximum absolute atomic E-state index is 13.3. The Morgan fingerprint density at radius 3 is 2.74 bits per heavy atom. The first-order chi connectivity index (χ1) is 16.2. The molecule has 1 amide bonds. The van der Waals surface area contributed by atoms with E-state index < -0.39 is 12.1 Å². The number of hydrogen-bond acceptors (Lipinski definition) is 6. The van der Waals surface area contributed by atoms with Gasteiger partial charge in [-0.25, -0.2) is 4.79 Å². The standard InChI is InChI=1S/C25H19N3O5.CH4/c29-24-17-3-1-2-4-19(17)27-22-18(24)12-28(25(30)31-13-15-7-9-26-10-8-15)23(22)16-5-6-20-21(11-16)33-14-32-20;/h1-11,23H,12-14H2,(H,27,29);1H4. The molecule has 172 valence electrons. The molecule has 4 heterocycles. The first-order valence-corrected chi connectivity index (χ1v) is 10.5. The van der Waals surface area contributed by atoms with Gasteiger partial charge in [0.2, 0.25) is 6.79 Å². The maximum Gasteiger partial charge on any atom is 0.411 e. The molecule has 0 aliphatic carbocycles. The van der Waals surface area contributed by atoms with Crippen molar-refractivity contribution >= 4 is 17.0 Å². The minimum atomic E-state index is -0.531. The van der Waals surface area contributed by atoms with Gasteiger partial charge in [0, 0.05) is 28.9 Å². The minimum Gasteiger partial charge on any atom is -0.454 e. The minimum absolute atomic E-state index is 0. The highest BCUT2D eigenvalue weighted by atomic mass is 16.7. The predicted octanol–water partition coefficient (Wildman–Crippen LogP) is 4.53. The van der Waals surface area contributed by atoms with E-state index in [0.29, 0.717) is 28.1 Å². The molecule has 2 aliphatic heterocycles. The first-order valence-electron chi connectivity index (χ1n) is 10.5. The number of nitrogens with one attached hydrogen (secondary N) is 1. The molecular formula is C26H23N3O5. The number of benzene rings is 2. The van der Waals surface area contributed by atoms with Crippen molar-refractivity contribution in [2.75, 3.05) is 6.79 Å². The van der Waals surface area contributed by atoms with Gasteiger partial charge in [-0.2, -0.15) is 0 Å². The maximum atomic E-state index is 13.3. The van der Waals surface area contributed by atoms with Crippen LogP contribution in [0.4, 0.5) is 4.79 Å². The zero-order valence-electron chi connectivity index (χ0n) is 17.5. The summed E-state index contributed by atoms with van der Waals surface area (Å²) in [5.41, 5.74) is 3.49. The molecule has 0 radical (unpaired) electrons. The molecule has 2 aromatic heterocycles. The highest BCUT2D eigenvalue weighted by Gasteiger charge is 2.39. The van der Waals surface area contributed by atoms with E-state index in [2.05, 4.69) is 9.97 Å². The Morgan fingerprint density at radius 2 is 1.88 bits per heavy atom. The monoisotopic (exact) mass is 457 g/mol. The van der Waals surface area contributed by atoms with Crippen molar-refractivity contribution in [3.63, 3.8) is 0 Å². The Balaban J connectivity index is 0.00000241. The lowest BCUT2D eigenvalue weighted by Gasteiger charge is -2.25. The summed E-state index contributed by atoms with van der Waals surface area (Å²) in [6.45, 7) is 0.404. The van der Waals surface area contributed by atoms with Gasteiger partial charge in [-0.3, -0.25) is 14.7 Å². The van der Waals surface area contributed by atoms with Crippen LogP contribution in [-0.2, 0) is 17.9 Å². The molecule has 1 unspecified atom stereocenters. The van der Waals surface area contributed by atoms with Gasteiger partial charge in [0.05, 0.1) is 12.2 Å². The van der Waals surface area contributed by atoms with Crippen LogP contribution in [0, 0.1) is 0 Å². The van der Waals surface area contributed by atoms with Crippen LogP contribution in [0.3, 0.4) is 0 Å². The zero-order valence-corrected chi connectivity index (χ0v) is 17.5. The zero-order chi connectivity index (χ0) is 22.4. The lowest BCUT2D eigenvalue weighted by molar-refractivity contribution is 0.0883. The van der Waals surface area contributed by atoms with Gasteiger partial charge in [-0.15, -0.1) is 0 Å². The van der Waals surface area contributed by atoms with Crippen molar-refractivity contribution in [1.82, 2.24) is 14.9 Å². The number of aromatic amines is 1. The van der Waals surface area contributed by atoms with Crippen LogP contribution in [-0.4, -0.2) is 27.8 Å². The lowest BCUT2D eigenvalue weighted by atomic mass is 10.0. The molecule has 1 atom stereocenters. The van der Waals surface area contributed by atoms with Gasteiger partial charge in [-0.1, -0.05) is 25.6 Å². The smallest absolute Gasteiger partial charge is 0.411 e. The number of aromatic nitrogens is 2. The van der Waals surface area contributed by atoms with E-state index in [-0.39, 0.29) is 32.8 Å². The first kappa shape index (κ1) is 21.5. The number of amides is 1. The fourth-order valence-corrected chi connectivity index (χ4v) is 4.41. The molecule has 4 aromatic rings. The molecule has 0 bridgehead atoms. The quantitative estimate of drug-likeness (QED) is 0.486. The van der Waals surface area contributed by atoms with Crippen molar-refractivity contribution in [1.29, 1.82) is 0 Å². The van der Waals surface area contributed by atoms with Gasteiger partial charge in [0.1, 0.15) is 12.6 Å². The largest absolute Gasteiger partial charge is 0.454 e. The summed E-state index contributed by atoms with van der Waals surface area (Å²) in [7, 11) is 0. The Hall–Kier alpha value is -4.33. The molecule has 8 nitrogen and oxygen atoms in total. The average molecular weight is 457 g/mol. The van der Waals surface area contributed by atoms with Crippen LogP contribution in [0.15, 0.2) is 71.8 Å². The molecule has 0 saturated heterocycles. The Morgan fingerprint density at radius 1 is 1.09 bits per heavy atom. The second-order valence-electron chi connectivity index (χ2n) is 7.95. The van der Waals surface area contributed by atoms with Crippen LogP contribution in [0.5, 0.6) is 11.5 Å². The molecule has 0 fully saturated rings. The van der Waals surface area contributed by atoms with Crippen LogP contribution in [0.25, 0.3) is 10.9 Å². The molecule has 8 heteroatoms. The SMILES string of the molecule is C.O=C(OCc1ccncc1)N1Cc2c([nH]c3ccccc3c2=O)C1c1ccc2c(c1)OCO2. The average Bonchev–Trinajstić information content (AvgIpc) is 3.48. The number of nitrogens with zero attached hydrogens (tertiary/aromatic N) is 2. The van der Waals surface area contributed by atoms with Crippen molar-refractivity contribution in [3.8, 4) is 11.5 Å². The molecule has 6 rings (SSSR count). The number of ether oxygens (including phenoxy) is 3. The molecule has 0 saturated carbocycles. The van der Waals surface area contributed by atoms with Gasteiger partial charge in [0.15, 0.2) is 16.9 Å². The number of hydrogen-bond donors (Lipinski definition) is 1. The van der Waals surface area contributed by atoms with Crippen LogP contribution in [0.1, 0.15) is 35.9 Å². The summed E-state index contributed by atoms with van der Waals surface area (Å²) in [6.07, 6.45) is 2.78. The summed E-state index contributed by atoms with van der Waals surface area (Å²) in [6, 6.07) is 15.9. The van der Waals surface area contributed by atoms with E-state index in [0.717, 1.165) is 16.6 Å². The van der Waals surface area contributed by atoms with E-state index in [1.54, 1.807) is 35.5 Å². The fraction of sp³-hybridized carbons (Fsp3) is 0.192. The van der Waals surface area contributed by atoms with Crippen LogP contribution >= 0.6 is 0 Å². The second-order valence-corrected chi connectivity index (χ2v) is 7.95. The summed E-state index contributed by atoms with van der Waals surface area (Å²) in [4.78, 5) is 35.5. The van der Waals surface area contributed by atoms with Crippen LogP contribution < -0.4 is 14.9 Å². The van der Waals surface area contributed by atoms with Gasteiger partial charge < -0.3 is 19.2 Å². The fourth-order valence-electron chi connectivity index (χ4n) is 4.41. The molecule has 34 heavy (non-hydrogen) atoms. The summed E-state index contributed by atoms with van der Waals surface area (Å²) in [5, 5.41) is 0.590. The number of carbonyl (C=O) groups is 1. The summed E-state index contributed by atoms with van der Waals surface area (Å²) >= 11 is 0. The van der Waals surface area contributed by atoms with Gasteiger partial charge in [-0.05, 0) is 47.5 Å². The molecule has 0 spiro atoms. The van der Waals surface area contributed by atoms with Crippen LogP contribution in [0.2, 0.25) is 0 Å². The third-order valence-electron chi connectivity index (χ3n) is 6.01. The lowest BCUT2D eigenvalue weighted by Crippen LogP contribution is -2.31. The third-order valence-corrected chi connectivity index (χ3v) is 6.01. The highest BCUT2D eigenvalue weighted by molar-refractivity contribution is 5.81. The Bertz CT molecular complexity index is 1430. The summed E-state index contributed by atoms with van der Waals surface area (Å²) in [5.74, 6) is 1.25. The van der Waals surface area contributed by atoms with Gasteiger partial charge in [0.25, 0.3) is 0 Å². The number of pyridine rings is 2. The van der Waals surface area contributed by atoms with Gasteiger partial charge >= 0.3 is 6.09 Å². The Kier molecular flexibility index (Phi) is 5.41. The number of rotatable bonds is 3. The van der Waals surface area contributed by atoms with Crippen molar-refractivity contribution < 1.29 is 19.0 Å². The molecule has 1 N–H and O–H groups in total. The van der Waals surface area contributed by atoms with Crippen molar-refractivity contribution in [3.05, 3.63) is 99.6 Å². The Labute approximate surface area is 195 Å². The number of carbonyl (C=O) groups excluding carboxylic acids is 1. The predicted molar refractivity (Wildman–Crippen MR) is 126 cm³/mol. The normalized spacial score (nSPS) is 15.6. The van der Waals surface area contributed by atoms with E-state index >= 15 is 0 Å². The number of para-hydroxylation sites is 1. The van der Waals surface area contributed by atoms with E-state index in [1.165, 1.54) is 0 Å². The van der Waals surface area contributed by atoms with E-state index in [9.17, 15) is 9.59 Å². The molecule has 2 aliphatic rings. The van der Waals surface area contributed by atoms with Crippen molar-refractivity contribution in [2.45, 2.75) is 26.6 Å². The number of H-pyrrole nitrogens is 1. The molecular weight excluding hydrogens is 434 g/mol. The van der Waals surface area contributed by atoms with E-state index in [1.807, 2.05) is 36.4 Å². The second kappa shape index (κ2) is 8.55. The highest BCUT2D eigenvalue weighted by Crippen LogP contribution is 2.41. The topological polar surface area (TPSA) is 93.8 Å². The molecule has 2 aromatic carbocycles. The number of fused-ring (bicyclic) bond motifs is 3.